The van der Waals surface area contributed by atoms with Gasteiger partial charge in [0.1, 0.15) is 5.75 Å². The van der Waals surface area contributed by atoms with E-state index in [4.69, 9.17) is 0 Å². The van der Waals surface area contributed by atoms with Gasteiger partial charge in [0, 0.05) is 5.41 Å². The van der Waals surface area contributed by atoms with Crippen molar-refractivity contribution in [1.29, 1.82) is 0 Å². The van der Waals surface area contributed by atoms with E-state index < -0.39 is 0 Å². The fourth-order valence-electron chi connectivity index (χ4n) is 5.39. The predicted molar refractivity (Wildman–Crippen MR) is 101 cm³/mol. The van der Waals surface area contributed by atoms with Gasteiger partial charge in [0.25, 0.3) is 0 Å². The topological polar surface area (TPSA) is 37.3 Å². The highest BCUT2D eigenvalue weighted by molar-refractivity contribution is 9.11. The Balaban J connectivity index is 1.77. The number of phenols is 1. The fourth-order valence-corrected chi connectivity index (χ4v) is 7.66. The summed E-state index contributed by atoms with van der Waals surface area (Å²) in [6.07, 6.45) is 5.12. The van der Waals surface area contributed by atoms with Crippen LogP contribution in [0.1, 0.15) is 49.7 Å². The summed E-state index contributed by atoms with van der Waals surface area (Å²) >= 11 is 10.7. The summed E-state index contributed by atoms with van der Waals surface area (Å²) in [5.74, 6) is 2.29. The summed E-state index contributed by atoms with van der Waals surface area (Å²) in [5, 5.41) is 10.2. The lowest BCUT2D eigenvalue weighted by atomic mass is 9.55. The molecule has 23 heavy (non-hydrogen) atoms. The molecular formula is C18H19Br3O2. The molecule has 3 aliphatic carbocycles. The van der Waals surface area contributed by atoms with Crippen molar-refractivity contribution in [3.05, 3.63) is 26.1 Å². The van der Waals surface area contributed by atoms with Crippen molar-refractivity contribution >= 4 is 53.6 Å². The highest BCUT2D eigenvalue weighted by Crippen LogP contribution is 2.61. The average molecular weight is 507 g/mol. The number of alkyl halides is 1. The number of rotatable bonds is 0. The van der Waals surface area contributed by atoms with E-state index in [1.165, 1.54) is 11.1 Å². The molecule has 1 aromatic rings. The first-order valence-electron chi connectivity index (χ1n) is 8.22. The Hall–Kier alpha value is 0.130. The van der Waals surface area contributed by atoms with Crippen LogP contribution in [0.4, 0.5) is 0 Å². The maximum atomic E-state index is 12.6. The molecule has 0 radical (unpaired) electrons. The smallest absolute Gasteiger partial charge is 0.152 e. The Kier molecular flexibility index (Phi) is 4.02. The van der Waals surface area contributed by atoms with E-state index in [0.29, 0.717) is 29.3 Å². The maximum absolute atomic E-state index is 12.6. The van der Waals surface area contributed by atoms with Gasteiger partial charge in [0.15, 0.2) is 5.78 Å². The van der Waals surface area contributed by atoms with Gasteiger partial charge in [-0.2, -0.15) is 0 Å². The molecule has 4 rings (SSSR count). The lowest BCUT2D eigenvalue weighted by molar-refractivity contribution is -0.128. The minimum absolute atomic E-state index is 0.0379. The number of ketones is 1. The van der Waals surface area contributed by atoms with Crippen LogP contribution in [-0.4, -0.2) is 15.7 Å². The SMILES string of the molecule is C[C@]12CC[C@@H]3c4cc(Br)c(O)c(Br)c4CC[C@H]3[C@@H]1CC(Br)C2=O. The summed E-state index contributed by atoms with van der Waals surface area (Å²) in [7, 11) is 0. The van der Waals surface area contributed by atoms with Crippen molar-refractivity contribution in [2.24, 2.45) is 17.3 Å². The van der Waals surface area contributed by atoms with Gasteiger partial charge in [-0.15, -0.1) is 0 Å². The molecule has 0 heterocycles. The van der Waals surface area contributed by atoms with Crippen molar-refractivity contribution < 1.29 is 9.90 Å². The first-order chi connectivity index (χ1) is 10.8. The predicted octanol–water partition coefficient (Wildman–Crippen LogP) is 5.72. The van der Waals surface area contributed by atoms with Gasteiger partial charge in [-0.05, 0) is 98.9 Å². The molecule has 0 aliphatic heterocycles. The molecule has 5 atom stereocenters. The Morgan fingerprint density at radius 2 is 2.04 bits per heavy atom. The number of carbonyl (C=O) groups excluding carboxylic acids is 1. The molecule has 3 aliphatic rings. The molecule has 1 N–H and O–H groups in total. The quantitative estimate of drug-likeness (QED) is 0.457. The zero-order valence-corrected chi connectivity index (χ0v) is 17.7. The van der Waals surface area contributed by atoms with Crippen molar-refractivity contribution in [3.8, 4) is 5.75 Å². The molecule has 0 spiro atoms. The Morgan fingerprint density at radius 3 is 2.78 bits per heavy atom. The van der Waals surface area contributed by atoms with Crippen LogP contribution in [0.2, 0.25) is 0 Å². The third-order valence-electron chi connectivity index (χ3n) is 6.59. The van der Waals surface area contributed by atoms with Gasteiger partial charge in [-0.3, -0.25) is 4.79 Å². The minimum Gasteiger partial charge on any atom is -0.506 e. The monoisotopic (exact) mass is 504 g/mol. The lowest BCUT2D eigenvalue weighted by Gasteiger charge is -2.48. The molecule has 1 aromatic carbocycles. The summed E-state index contributed by atoms with van der Waals surface area (Å²) in [4.78, 5) is 12.7. The van der Waals surface area contributed by atoms with Gasteiger partial charge in [0.05, 0.1) is 13.8 Å². The van der Waals surface area contributed by atoms with Crippen LogP contribution in [0.25, 0.3) is 0 Å². The second-order valence-corrected chi connectivity index (χ2v) is 10.3. The van der Waals surface area contributed by atoms with Gasteiger partial charge < -0.3 is 5.11 Å². The van der Waals surface area contributed by atoms with Gasteiger partial charge in [-0.25, -0.2) is 0 Å². The minimum atomic E-state index is -0.141. The van der Waals surface area contributed by atoms with Crippen molar-refractivity contribution in [1.82, 2.24) is 0 Å². The largest absolute Gasteiger partial charge is 0.506 e. The summed E-state index contributed by atoms with van der Waals surface area (Å²) in [5.41, 5.74) is 2.48. The van der Waals surface area contributed by atoms with E-state index in [1.54, 1.807) is 0 Å². The van der Waals surface area contributed by atoms with Gasteiger partial charge >= 0.3 is 0 Å². The molecule has 0 aromatic heterocycles. The first kappa shape index (κ1) is 16.6. The third-order valence-corrected chi connectivity index (χ3v) is 8.84. The zero-order chi connectivity index (χ0) is 16.5. The standard InChI is InChI=1S/C18H19Br3O2/c1-18-5-4-8-9(12(18)7-14(20)17(18)23)2-3-10-11(8)6-13(19)16(22)15(10)21/h6,8-9,12,14,22H,2-5,7H2,1H3/t8-,9+,12-,14?,18-/m0/s1. The fraction of sp³-hybridized carbons (Fsp3) is 0.611. The number of hydrogen-bond donors (Lipinski definition) is 1. The summed E-state index contributed by atoms with van der Waals surface area (Å²) in [6.45, 7) is 2.19. The molecule has 0 amide bonds. The third kappa shape index (κ3) is 2.25. The number of fused-ring (bicyclic) bond motifs is 5. The Morgan fingerprint density at radius 1 is 1.30 bits per heavy atom. The molecule has 0 bridgehead atoms. The van der Waals surface area contributed by atoms with Crippen molar-refractivity contribution in [2.45, 2.75) is 49.8 Å². The van der Waals surface area contributed by atoms with Crippen molar-refractivity contribution in [3.63, 3.8) is 0 Å². The second-order valence-electron chi connectivity index (χ2n) is 7.53. The lowest BCUT2D eigenvalue weighted by Crippen LogP contribution is -2.42. The number of Topliss-reactive ketones (excluding diaryl/α,β-unsaturated/α-hetero) is 1. The van der Waals surface area contributed by atoms with E-state index >= 15 is 0 Å². The van der Waals surface area contributed by atoms with Crippen LogP contribution in [0.3, 0.4) is 0 Å². The number of phenolic OH excluding ortho intramolecular Hbond substituents is 1. The summed E-state index contributed by atoms with van der Waals surface area (Å²) in [6, 6.07) is 2.11. The number of aromatic hydroxyl groups is 1. The van der Waals surface area contributed by atoms with Gasteiger partial charge in [-0.1, -0.05) is 22.9 Å². The highest BCUT2D eigenvalue weighted by atomic mass is 79.9. The molecule has 5 heteroatoms. The first-order valence-corrected chi connectivity index (χ1v) is 10.7. The second kappa shape index (κ2) is 5.57. The average Bonchev–Trinajstić information content (AvgIpc) is 2.76. The number of benzene rings is 1. The van der Waals surface area contributed by atoms with E-state index in [9.17, 15) is 9.90 Å². The van der Waals surface area contributed by atoms with E-state index in [2.05, 4.69) is 60.8 Å². The van der Waals surface area contributed by atoms with Crippen LogP contribution in [0.5, 0.6) is 5.75 Å². The van der Waals surface area contributed by atoms with E-state index in [-0.39, 0.29) is 10.2 Å². The molecule has 0 saturated heterocycles. The summed E-state index contributed by atoms with van der Waals surface area (Å²) < 4.78 is 1.60. The molecule has 2 nitrogen and oxygen atoms in total. The van der Waals surface area contributed by atoms with Crippen molar-refractivity contribution in [2.75, 3.05) is 0 Å². The molecule has 124 valence electrons. The molecule has 2 saturated carbocycles. The number of carbonyl (C=O) groups is 1. The van der Waals surface area contributed by atoms with Crippen LogP contribution in [-0.2, 0) is 11.2 Å². The van der Waals surface area contributed by atoms with Crippen LogP contribution in [0.15, 0.2) is 15.0 Å². The van der Waals surface area contributed by atoms with Gasteiger partial charge in [0.2, 0.25) is 0 Å². The highest BCUT2D eigenvalue weighted by Gasteiger charge is 2.57. The molecule has 1 unspecified atom stereocenters. The van der Waals surface area contributed by atoms with E-state index in [1.807, 2.05) is 0 Å². The molecule has 2 fully saturated rings. The van der Waals surface area contributed by atoms with E-state index in [0.717, 1.165) is 41.0 Å². The Labute approximate surface area is 161 Å². The van der Waals surface area contributed by atoms with Crippen LogP contribution < -0.4 is 0 Å². The zero-order valence-electron chi connectivity index (χ0n) is 12.9. The van der Waals surface area contributed by atoms with Crippen LogP contribution in [0, 0.1) is 17.3 Å². The molecular weight excluding hydrogens is 488 g/mol. The normalized spacial score (nSPS) is 38.9. The van der Waals surface area contributed by atoms with Crippen LogP contribution >= 0.6 is 47.8 Å². The number of halogens is 3. The maximum Gasteiger partial charge on any atom is 0.152 e. The Bertz CT molecular complexity index is 702. The number of hydrogen-bond acceptors (Lipinski definition) is 2.